The molecule has 9 heteroatoms. The zero-order chi connectivity index (χ0) is 22.2. The van der Waals surface area contributed by atoms with E-state index in [0.717, 1.165) is 18.2 Å². The highest BCUT2D eigenvalue weighted by atomic mass is 19.4. The van der Waals surface area contributed by atoms with Crippen LogP contribution < -0.4 is 15.1 Å². The molecule has 2 aliphatic rings. The van der Waals surface area contributed by atoms with Gasteiger partial charge in [0, 0.05) is 37.4 Å². The highest BCUT2D eigenvalue weighted by molar-refractivity contribution is 5.99. The predicted octanol–water partition coefficient (Wildman–Crippen LogP) is 4.35. The lowest BCUT2D eigenvalue weighted by Crippen LogP contribution is -2.49. The molecule has 0 aromatic heterocycles. The lowest BCUT2D eigenvalue weighted by atomic mass is 10.0. The minimum atomic E-state index is -4.41. The van der Waals surface area contributed by atoms with Gasteiger partial charge in [-0.3, -0.25) is 4.79 Å². The fourth-order valence-electron chi connectivity index (χ4n) is 4.23. The molecule has 0 saturated carbocycles. The van der Waals surface area contributed by atoms with Crippen molar-refractivity contribution in [2.75, 3.05) is 29.4 Å². The summed E-state index contributed by atoms with van der Waals surface area (Å²) in [6, 6.07) is 7.80. The molecule has 166 valence electrons. The van der Waals surface area contributed by atoms with E-state index in [1.807, 2.05) is 4.90 Å². The van der Waals surface area contributed by atoms with Crippen molar-refractivity contribution in [2.45, 2.75) is 37.5 Å². The molecule has 1 unspecified atom stereocenters. The summed E-state index contributed by atoms with van der Waals surface area (Å²) in [5.41, 5.74) is 0.0658. The Hall–Kier alpha value is -2.68. The van der Waals surface area contributed by atoms with Crippen LogP contribution in [-0.2, 0) is 11.0 Å². The van der Waals surface area contributed by atoms with Gasteiger partial charge in [0.05, 0.1) is 17.3 Å². The molecule has 1 N–H and O–H groups in total. The van der Waals surface area contributed by atoms with Gasteiger partial charge in [0.2, 0.25) is 5.91 Å². The van der Waals surface area contributed by atoms with Crippen LogP contribution >= 0.6 is 0 Å². The van der Waals surface area contributed by atoms with Gasteiger partial charge < -0.3 is 15.1 Å². The zero-order valence-corrected chi connectivity index (χ0v) is 16.6. The Bertz CT molecular complexity index is 939. The molecule has 0 spiro atoms. The van der Waals surface area contributed by atoms with Crippen molar-refractivity contribution in [3.63, 3.8) is 0 Å². The molecule has 2 heterocycles. The summed E-state index contributed by atoms with van der Waals surface area (Å²) < 4.78 is 65.3. The maximum absolute atomic E-state index is 14.0. The van der Waals surface area contributed by atoms with E-state index in [1.165, 1.54) is 29.2 Å². The maximum atomic E-state index is 14.0. The summed E-state index contributed by atoms with van der Waals surface area (Å²) in [7, 11) is 0. The standard InChI is InChI=1S/C22H22F5N3O/c23-15-3-6-20(18(24)13-15)29-10-7-16(8-11-29)28-19-9-12-30(21(19)31)17-4-1-14(2-5-17)22(25,26)27/h1-6,13,16,19,28H,7-12H2. The Morgan fingerprint density at radius 3 is 2.19 bits per heavy atom. The molecular formula is C22H22F5N3O. The number of hydrogen-bond donors (Lipinski definition) is 1. The number of halogens is 5. The van der Waals surface area contributed by atoms with E-state index < -0.39 is 29.4 Å². The molecule has 2 fully saturated rings. The van der Waals surface area contributed by atoms with Crippen molar-refractivity contribution in [3.05, 3.63) is 59.7 Å². The number of rotatable bonds is 4. The first-order valence-corrected chi connectivity index (χ1v) is 10.2. The topological polar surface area (TPSA) is 35.6 Å². The highest BCUT2D eigenvalue weighted by Crippen LogP contribution is 2.32. The number of nitrogens with zero attached hydrogens (tertiary/aromatic N) is 2. The van der Waals surface area contributed by atoms with Crippen LogP contribution in [0, 0.1) is 11.6 Å². The minimum Gasteiger partial charge on any atom is -0.369 e. The van der Waals surface area contributed by atoms with E-state index in [2.05, 4.69) is 5.32 Å². The van der Waals surface area contributed by atoms with Crippen molar-refractivity contribution in [1.82, 2.24) is 5.32 Å². The number of alkyl halides is 3. The monoisotopic (exact) mass is 439 g/mol. The molecule has 2 saturated heterocycles. The average Bonchev–Trinajstić information content (AvgIpc) is 3.08. The highest BCUT2D eigenvalue weighted by Gasteiger charge is 2.35. The summed E-state index contributed by atoms with van der Waals surface area (Å²) in [5.74, 6) is -1.37. The third-order valence-corrected chi connectivity index (χ3v) is 5.89. The van der Waals surface area contributed by atoms with Crippen LogP contribution in [0.3, 0.4) is 0 Å². The SMILES string of the molecule is O=C1C(NC2CCN(c3ccc(F)cc3F)CC2)CCN1c1ccc(C(F)(F)F)cc1. The number of anilines is 2. The van der Waals surface area contributed by atoms with Gasteiger partial charge in [0.15, 0.2) is 0 Å². The van der Waals surface area contributed by atoms with E-state index in [4.69, 9.17) is 0 Å². The summed E-state index contributed by atoms with van der Waals surface area (Å²) in [6.45, 7) is 1.58. The Kier molecular flexibility index (Phi) is 5.88. The van der Waals surface area contributed by atoms with Gasteiger partial charge in [-0.05, 0) is 55.7 Å². The summed E-state index contributed by atoms with van der Waals surface area (Å²) in [6.07, 6.45) is -2.46. The lowest BCUT2D eigenvalue weighted by Gasteiger charge is -2.35. The fourth-order valence-corrected chi connectivity index (χ4v) is 4.23. The first-order chi connectivity index (χ1) is 14.7. The van der Waals surface area contributed by atoms with Crippen LogP contribution in [0.5, 0.6) is 0 Å². The molecule has 2 aromatic rings. The minimum absolute atomic E-state index is 0.0706. The Morgan fingerprint density at radius 2 is 1.58 bits per heavy atom. The van der Waals surface area contributed by atoms with Crippen LogP contribution in [0.1, 0.15) is 24.8 Å². The summed E-state index contributed by atoms with van der Waals surface area (Å²) in [4.78, 5) is 16.1. The smallest absolute Gasteiger partial charge is 0.369 e. The Morgan fingerprint density at radius 1 is 0.903 bits per heavy atom. The molecular weight excluding hydrogens is 417 g/mol. The number of hydrogen-bond acceptors (Lipinski definition) is 3. The van der Waals surface area contributed by atoms with Crippen molar-refractivity contribution in [1.29, 1.82) is 0 Å². The van der Waals surface area contributed by atoms with Crippen molar-refractivity contribution in [3.8, 4) is 0 Å². The van der Waals surface area contributed by atoms with Crippen LogP contribution in [0.4, 0.5) is 33.3 Å². The molecule has 2 aliphatic heterocycles. The number of benzene rings is 2. The molecule has 2 aromatic carbocycles. The van der Waals surface area contributed by atoms with Crippen LogP contribution in [0.2, 0.25) is 0 Å². The summed E-state index contributed by atoms with van der Waals surface area (Å²) in [5, 5.41) is 3.35. The van der Waals surface area contributed by atoms with Crippen molar-refractivity contribution in [2.24, 2.45) is 0 Å². The second-order valence-corrected chi connectivity index (χ2v) is 7.90. The number of piperidine rings is 1. The van der Waals surface area contributed by atoms with Crippen molar-refractivity contribution >= 4 is 17.3 Å². The molecule has 1 atom stereocenters. The Balaban J connectivity index is 1.32. The normalized spacial score (nSPS) is 20.5. The number of nitrogens with one attached hydrogen (secondary N) is 1. The van der Waals surface area contributed by atoms with Crippen molar-refractivity contribution < 1.29 is 26.7 Å². The molecule has 1 amide bonds. The van der Waals surface area contributed by atoms with E-state index in [1.54, 1.807) is 0 Å². The van der Waals surface area contributed by atoms with E-state index in [9.17, 15) is 26.7 Å². The van der Waals surface area contributed by atoms with E-state index in [0.29, 0.717) is 50.3 Å². The molecule has 0 radical (unpaired) electrons. The second kappa shape index (κ2) is 8.45. The van der Waals surface area contributed by atoms with Crippen LogP contribution in [0.15, 0.2) is 42.5 Å². The Labute approximate surface area is 176 Å². The van der Waals surface area contributed by atoms with Crippen LogP contribution in [-0.4, -0.2) is 37.6 Å². The van der Waals surface area contributed by atoms with Gasteiger partial charge >= 0.3 is 6.18 Å². The fraction of sp³-hybridized carbons (Fsp3) is 0.409. The lowest BCUT2D eigenvalue weighted by molar-refractivity contribution is -0.137. The van der Waals surface area contributed by atoms with Gasteiger partial charge in [-0.25, -0.2) is 8.78 Å². The molecule has 0 aliphatic carbocycles. The third kappa shape index (κ3) is 4.66. The third-order valence-electron chi connectivity index (χ3n) is 5.89. The number of carbonyl (C=O) groups is 1. The number of carbonyl (C=O) groups excluding carboxylic acids is 1. The van der Waals surface area contributed by atoms with Gasteiger partial charge in [0.1, 0.15) is 11.6 Å². The average molecular weight is 439 g/mol. The van der Waals surface area contributed by atoms with Crippen LogP contribution in [0.25, 0.3) is 0 Å². The van der Waals surface area contributed by atoms with Gasteiger partial charge in [0.25, 0.3) is 0 Å². The van der Waals surface area contributed by atoms with Gasteiger partial charge in [-0.1, -0.05) is 0 Å². The molecule has 0 bridgehead atoms. The second-order valence-electron chi connectivity index (χ2n) is 7.90. The van der Waals surface area contributed by atoms with E-state index >= 15 is 0 Å². The number of amides is 1. The molecule has 31 heavy (non-hydrogen) atoms. The quantitative estimate of drug-likeness (QED) is 0.720. The molecule has 4 rings (SSSR count). The largest absolute Gasteiger partial charge is 0.416 e. The van der Waals surface area contributed by atoms with E-state index in [-0.39, 0.29) is 11.9 Å². The zero-order valence-electron chi connectivity index (χ0n) is 16.6. The first-order valence-electron chi connectivity index (χ1n) is 10.2. The van der Waals surface area contributed by atoms with Gasteiger partial charge in [-0.2, -0.15) is 13.2 Å². The first kappa shape index (κ1) is 21.5. The maximum Gasteiger partial charge on any atom is 0.416 e. The summed E-state index contributed by atoms with van der Waals surface area (Å²) >= 11 is 0. The molecule has 4 nitrogen and oxygen atoms in total. The predicted molar refractivity (Wildman–Crippen MR) is 107 cm³/mol. The van der Waals surface area contributed by atoms with Gasteiger partial charge in [-0.15, -0.1) is 0 Å².